The molecule has 5 nitrogen and oxygen atoms in total. The number of rotatable bonds is 4. The Morgan fingerprint density at radius 1 is 1.10 bits per heavy atom. The predicted molar refractivity (Wildman–Crippen MR) is 76.2 cm³/mol. The van der Waals surface area contributed by atoms with E-state index in [1.54, 1.807) is 25.1 Å². The fourth-order valence-corrected chi connectivity index (χ4v) is 3.06. The number of benzene rings is 2. The van der Waals surface area contributed by atoms with Crippen LogP contribution in [0.2, 0.25) is 0 Å². The van der Waals surface area contributed by atoms with Crippen LogP contribution in [0.3, 0.4) is 0 Å². The molecule has 0 fully saturated rings. The Morgan fingerprint density at radius 3 is 2.45 bits per heavy atom. The lowest BCUT2D eigenvalue weighted by Crippen LogP contribution is -2.18. The Hall–Kier alpha value is -2.12. The maximum absolute atomic E-state index is 13.0. The topological polar surface area (TPSA) is 84.2 Å². The number of hydrogen-bond acceptors (Lipinski definition) is 4. The summed E-state index contributed by atoms with van der Waals surface area (Å²) in [4.78, 5) is 0.0197. The standard InChI is InChI=1S/C13H14FN3O2S/c1-9-8-10(14)6-7-11(9)17-20(18,19)13-5-3-2-4-12(13)16-15/h2-8,16-17H,15H2,1H3. The van der Waals surface area contributed by atoms with Crippen molar-refractivity contribution in [3.63, 3.8) is 0 Å². The van der Waals surface area contributed by atoms with E-state index in [0.29, 0.717) is 11.3 Å². The summed E-state index contributed by atoms with van der Waals surface area (Å²) in [5, 5.41) is 0. The van der Waals surface area contributed by atoms with Crippen molar-refractivity contribution in [2.24, 2.45) is 5.84 Å². The van der Waals surface area contributed by atoms with Crippen LogP contribution < -0.4 is 16.0 Å². The molecule has 0 aromatic heterocycles. The fourth-order valence-electron chi connectivity index (χ4n) is 1.76. The minimum absolute atomic E-state index is 0.0197. The van der Waals surface area contributed by atoms with E-state index in [-0.39, 0.29) is 10.6 Å². The normalized spacial score (nSPS) is 11.2. The molecule has 2 aromatic carbocycles. The number of nitrogen functional groups attached to an aromatic ring is 1. The van der Waals surface area contributed by atoms with Crippen molar-refractivity contribution in [2.75, 3.05) is 10.1 Å². The molecule has 0 saturated heterocycles. The van der Waals surface area contributed by atoms with E-state index in [1.165, 1.54) is 24.3 Å². The Labute approximate surface area is 116 Å². The molecular weight excluding hydrogens is 281 g/mol. The van der Waals surface area contributed by atoms with Gasteiger partial charge in [0.2, 0.25) is 0 Å². The van der Waals surface area contributed by atoms with Gasteiger partial charge in [0.15, 0.2) is 0 Å². The first kappa shape index (κ1) is 14.3. The number of nitrogens with one attached hydrogen (secondary N) is 2. The molecule has 0 aliphatic carbocycles. The van der Waals surface area contributed by atoms with E-state index in [2.05, 4.69) is 10.1 Å². The van der Waals surface area contributed by atoms with Crippen molar-refractivity contribution in [1.82, 2.24) is 0 Å². The summed E-state index contributed by atoms with van der Waals surface area (Å²) in [6.45, 7) is 1.62. The molecule has 0 heterocycles. The van der Waals surface area contributed by atoms with E-state index in [4.69, 9.17) is 5.84 Å². The monoisotopic (exact) mass is 295 g/mol. The van der Waals surface area contributed by atoms with Gasteiger partial charge in [-0.05, 0) is 42.8 Å². The molecule has 0 radical (unpaired) electrons. The lowest BCUT2D eigenvalue weighted by molar-refractivity contribution is 0.601. The molecule has 2 aromatic rings. The third-order valence-corrected chi connectivity index (χ3v) is 4.19. The first-order valence-electron chi connectivity index (χ1n) is 5.78. The molecule has 0 aliphatic heterocycles. The van der Waals surface area contributed by atoms with Gasteiger partial charge in [-0.25, -0.2) is 12.8 Å². The van der Waals surface area contributed by atoms with Crippen LogP contribution in [-0.4, -0.2) is 8.42 Å². The summed E-state index contributed by atoms with van der Waals surface area (Å²) in [5.74, 6) is 4.88. The van der Waals surface area contributed by atoms with Crippen LogP contribution in [0.1, 0.15) is 5.56 Å². The largest absolute Gasteiger partial charge is 0.323 e. The third-order valence-electron chi connectivity index (χ3n) is 2.76. The quantitative estimate of drug-likeness (QED) is 0.596. The van der Waals surface area contributed by atoms with Gasteiger partial charge in [0.1, 0.15) is 10.7 Å². The van der Waals surface area contributed by atoms with Gasteiger partial charge in [-0.2, -0.15) is 0 Å². The van der Waals surface area contributed by atoms with E-state index < -0.39 is 15.8 Å². The molecule has 20 heavy (non-hydrogen) atoms. The molecule has 7 heteroatoms. The highest BCUT2D eigenvalue weighted by Crippen LogP contribution is 2.24. The van der Waals surface area contributed by atoms with E-state index in [0.717, 1.165) is 0 Å². The summed E-state index contributed by atoms with van der Waals surface area (Å²) >= 11 is 0. The zero-order chi connectivity index (χ0) is 14.8. The number of para-hydroxylation sites is 1. The summed E-state index contributed by atoms with van der Waals surface area (Å²) in [6, 6.07) is 10.1. The minimum atomic E-state index is -3.81. The van der Waals surface area contributed by atoms with Gasteiger partial charge in [-0.1, -0.05) is 12.1 Å². The molecule has 4 N–H and O–H groups in total. The van der Waals surface area contributed by atoms with Crippen LogP contribution in [0.15, 0.2) is 47.4 Å². The Kier molecular flexibility index (Phi) is 3.91. The number of anilines is 2. The summed E-state index contributed by atoms with van der Waals surface area (Å²) in [7, 11) is -3.81. The molecule has 0 bridgehead atoms. The first-order chi connectivity index (χ1) is 9.44. The van der Waals surface area contributed by atoms with Crippen molar-refractivity contribution in [3.05, 3.63) is 53.8 Å². The Balaban J connectivity index is 2.41. The summed E-state index contributed by atoms with van der Waals surface area (Å²) in [5.41, 5.74) is 3.42. The van der Waals surface area contributed by atoms with Gasteiger partial charge in [0.25, 0.3) is 10.0 Å². The number of aryl methyl sites for hydroxylation is 1. The molecule has 0 unspecified atom stereocenters. The first-order valence-corrected chi connectivity index (χ1v) is 7.27. The van der Waals surface area contributed by atoms with Gasteiger partial charge in [0.05, 0.1) is 11.4 Å². The van der Waals surface area contributed by atoms with Gasteiger partial charge in [-0.15, -0.1) is 0 Å². The van der Waals surface area contributed by atoms with Gasteiger partial charge in [-0.3, -0.25) is 10.6 Å². The molecule has 0 amide bonds. The second kappa shape index (κ2) is 5.48. The Bertz CT molecular complexity index is 732. The number of sulfonamides is 1. The van der Waals surface area contributed by atoms with Crippen LogP contribution in [0.5, 0.6) is 0 Å². The zero-order valence-electron chi connectivity index (χ0n) is 10.7. The molecule has 0 atom stereocenters. The van der Waals surface area contributed by atoms with E-state index >= 15 is 0 Å². The summed E-state index contributed by atoms with van der Waals surface area (Å²) in [6.07, 6.45) is 0. The van der Waals surface area contributed by atoms with Crippen molar-refractivity contribution in [2.45, 2.75) is 11.8 Å². The highest BCUT2D eigenvalue weighted by molar-refractivity contribution is 7.92. The van der Waals surface area contributed by atoms with Crippen LogP contribution in [0, 0.1) is 12.7 Å². The highest BCUT2D eigenvalue weighted by Gasteiger charge is 2.18. The molecule has 0 saturated carbocycles. The average Bonchev–Trinajstić information content (AvgIpc) is 2.42. The molecular formula is C13H14FN3O2S. The van der Waals surface area contributed by atoms with Crippen molar-refractivity contribution < 1.29 is 12.8 Å². The lowest BCUT2D eigenvalue weighted by Gasteiger charge is -2.13. The number of nitrogens with two attached hydrogens (primary N) is 1. The maximum atomic E-state index is 13.0. The van der Waals surface area contributed by atoms with E-state index in [1.807, 2.05) is 0 Å². The minimum Gasteiger partial charge on any atom is -0.323 e. The van der Waals surface area contributed by atoms with Crippen LogP contribution in [-0.2, 0) is 10.0 Å². The average molecular weight is 295 g/mol. The third kappa shape index (κ3) is 2.89. The second-order valence-corrected chi connectivity index (χ2v) is 5.86. The Morgan fingerprint density at radius 2 is 1.80 bits per heavy atom. The number of hydrazine groups is 1. The van der Waals surface area contributed by atoms with Gasteiger partial charge in [0, 0.05) is 0 Å². The van der Waals surface area contributed by atoms with Crippen molar-refractivity contribution in [3.8, 4) is 0 Å². The highest BCUT2D eigenvalue weighted by atomic mass is 32.2. The second-order valence-electron chi connectivity index (χ2n) is 4.21. The molecule has 106 valence electrons. The maximum Gasteiger partial charge on any atom is 0.264 e. The smallest absolute Gasteiger partial charge is 0.264 e. The predicted octanol–water partition coefficient (Wildman–Crippen LogP) is 2.22. The van der Waals surface area contributed by atoms with Crippen LogP contribution in [0.25, 0.3) is 0 Å². The number of hydrogen-bond donors (Lipinski definition) is 3. The van der Waals surface area contributed by atoms with Crippen LogP contribution in [0.4, 0.5) is 15.8 Å². The molecule has 0 spiro atoms. The lowest BCUT2D eigenvalue weighted by atomic mass is 10.2. The van der Waals surface area contributed by atoms with Gasteiger partial charge >= 0.3 is 0 Å². The molecule has 2 rings (SSSR count). The SMILES string of the molecule is Cc1cc(F)ccc1NS(=O)(=O)c1ccccc1NN. The van der Waals surface area contributed by atoms with E-state index in [9.17, 15) is 12.8 Å². The number of halogens is 1. The fraction of sp³-hybridized carbons (Fsp3) is 0.0769. The zero-order valence-corrected chi connectivity index (χ0v) is 11.5. The van der Waals surface area contributed by atoms with Gasteiger partial charge < -0.3 is 5.43 Å². The van der Waals surface area contributed by atoms with Crippen molar-refractivity contribution in [1.29, 1.82) is 0 Å². The molecule has 0 aliphatic rings. The van der Waals surface area contributed by atoms with Crippen molar-refractivity contribution >= 4 is 21.4 Å². The van der Waals surface area contributed by atoms with Crippen LogP contribution >= 0.6 is 0 Å². The summed E-state index contributed by atoms with van der Waals surface area (Å²) < 4.78 is 40.1.